The molecule has 0 fully saturated rings. The third-order valence-electron chi connectivity index (χ3n) is 2.22. The van der Waals surface area contributed by atoms with Crippen LogP contribution in [0.15, 0.2) is 23.3 Å². The SMILES string of the molecule is CC(Cc1ccc2c(c1)OCO2)N=[N+]=[N-]. The first-order valence-corrected chi connectivity index (χ1v) is 4.72. The quantitative estimate of drug-likeness (QED) is 0.432. The molecule has 0 spiro atoms. The molecule has 1 unspecified atom stereocenters. The van der Waals surface area contributed by atoms with E-state index in [9.17, 15) is 0 Å². The van der Waals surface area contributed by atoms with Gasteiger partial charge in [0.2, 0.25) is 6.79 Å². The van der Waals surface area contributed by atoms with Gasteiger partial charge in [-0.05, 0) is 29.6 Å². The molecule has 0 radical (unpaired) electrons. The summed E-state index contributed by atoms with van der Waals surface area (Å²) in [7, 11) is 0. The lowest BCUT2D eigenvalue weighted by atomic mass is 10.1. The first-order chi connectivity index (χ1) is 7.29. The van der Waals surface area contributed by atoms with E-state index in [-0.39, 0.29) is 12.8 Å². The van der Waals surface area contributed by atoms with Crippen molar-refractivity contribution in [3.8, 4) is 11.5 Å². The van der Waals surface area contributed by atoms with Crippen LogP contribution < -0.4 is 9.47 Å². The number of nitrogens with zero attached hydrogens (tertiary/aromatic N) is 3. The number of benzene rings is 1. The molecule has 0 bridgehead atoms. The van der Waals surface area contributed by atoms with Gasteiger partial charge in [-0.2, -0.15) is 0 Å². The van der Waals surface area contributed by atoms with Crippen molar-refractivity contribution in [3.05, 3.63) is 34.2 Å². The van der Waals surface area contributed by atoms with Crippen LogP contribution in [0.3, 0.4) is 0 Å². The lowest BCUT2D eigenvalue weighted by Crippen LogP contribution is -2.01. The van der Waals surface area contributed by atoms with E-state index in [2.05, 4.69) is 10.0 Å². The third kappa shape index (κ3) is 2.14. The molecule has 1 aromatic rings. The van der Waals surface area contributed by atoms with Crippen molar-refractivity contribution in [2.75, 3.05) is 6.79 Å². The van der Waals surface area contributed by atoms with Crippen LogP contribution in [0.4, 0.5) is 0 Å². The van der Waals surface area contributed by atoms with Crippen molar-refractivity contribution in [3.63, 3.8) is 0 Å². The van der Waals surface area contributed by atoms with Crippen LogP contribution in [0.5, 0.6) is 11.5 Å². The van der Waals surface area contributed by atoms with E-state index in [4.69, 9.17) is 15.0 Å². The maximum atomic E-state index is 8.28. The highest BCUT2D eigenvalue weighted by molar-refractivity contribution is 5.44. The molecule has 0 saturated carbocycles. The van der Waals surface area contributed by atoms with Crippen molar-refractivity contribution in [2.45, 2.75) is 19.4 Å². The number of azide groups is 1. The lowest BCUT2D eigenvalue weighted by Gasteiger charge is -2.05. The summed E-state index contributed by atoms with van der Waals surface area (Å²) < 4.78 is 10.5. The van der Waals surface area contributed by atoms with Crippen LogP contribution in [0.25, 0.3) is 10.4 Å². The molecular weight excluding hydrogens is 194 g/mol. The fraction of sp³-hybridized carbons (Fsp3) is 0.400. The topological polar surface area (TPSA) is 67.2 Å². The van der Waals surface area contributed by atoms with Gasteiger partial charge in [-0.1, -0.05) is 18.1 Å². The summed E-state index contributed by atoms with van der Waals surface area (Å²) in [5.74, 6) is 1.54. The van der Waals surface area contributed by atoms with Crippen LogP contribution in [0, 0.1) is 0 Å². The van der Waals surface area contributed by atoms with Gasteiger partial charge >= 0.3 is 0 Å². The summed E-state index contributed by atoms with van der Waals surface area (Å²) >= 11 is 0. The Hall–Kier alpha value is -1.87. The second-order valence-electron chi connectivity index (χ2n) is 3.45. The van der Waals surface area contributed by atoms with E-state index in [1.807, 2.05) is 25.1 Å². The smallest absolute Gasteiger partial charge is 0.231 e. The summed E-state index contributed by atoms with van der Waals surface area (Å²) in [6, 6.07) is 5.71. The Morgan fingerprint density at radius 3 is 3.07 bits per heavy atom. The van der Waals surface area contributed by atoms with Gasteiger partial charge in [0.1, 0.15) is 0 Å². The highest BCUT2D eigenvalue weighted by atomic mass is 16.7. The van der Waals surface area contributed by atoms with Gasteiger partial charge in [-0.15, -0.1) is 0 Å². The second kappa shape index (κ2) is 4.11. The van der Waals surface area contributed by atoms with Gasteiger partial charge in [0.25, 0.3) is 0 Å². The number of ether oxygens (including phenoxy) is 2. The zero-order valence-corrected chi connectivity index (χ0v) is 8.38. The minimum atomic E-state index is -0.0460. The molecule has 0 saturated heterocycles. The summed E-state index contributed by atoms with van der Waals surface area (Å²) in [5, 5.41) is 3.62. The Balaban J connectivity index is 2.13. The van der Waals surface area contributed by atoms with E-state index in [0.717, 1.165) is 17.1 Å². The lowest BCUT2D eigenvalue weighted by molar-refractivity contribution is 0.174. The maximum Gasteiger partial charge on any atom is 0.231 e. The van der Waals surface area contributed by atoms with Gasteiger partial charge in [0.15, 0.2) is 11.5 Å². The zero-order chi connectivity index (χ0) is 10.7. The molecule has 0 N–H and O–H groups in total. The molecule has 5 nitrogen and oxygen atoms in total. The highest BCUT2D eigenvalue weighted by Gasteiger charge is 2.13. The standard InChI is InChI=1S/C10H11N3O2/c1-7(12-13-11)4-8-2-3-9-10(5-8)15-6-14-9/h2-3,5,7H,4,6H2,1H3. The van der Waals surface area contributed by atoms with E-state index in [1.165, 1.54) is 0 Å². The molecule has 0 amide bonds. The van der Waals surface area contributed by atoms with Gasteiger partial charge in [0.05, 0.1) is 0 Å². The van der Waals surface area contributed by atoms with Crippen LogP contribution in [0.2, 0.25) is 0 Å². The van der Waals surface area contributed by atoms with Crippen molar-refractivity contribution in [2.24, 2.45) is 5.11 Å². The Kier molecular flexibility index (Phi) is 2.65. The number of hydrogen-bond donors (Lipinski definition) is 0. The number of rotatable bonds is 3. The largest absolute Gasteiger partial charge is 0.454 e. The summed E-state index contributed by atoms with van der Waals surface area (Å²) in [6.07, 6.45) is 0.709. The minimum Gasteiger partial charge on any atom is -0.454 e. The van der Waals surface area contributed by atoms with Crippen LogP contribution in [-0.2, 0) is 6.42 Å². The van der Waals surface area contributed by atoms with Crippen LogP contribution >= 0.6 is 0 Å². The van der Waals surface area contributed by atoms with Crippen molar-refractivity contribution >= 4 is 0 Å². The van der Waals surface area contributed by atoms with Gasteiger partial charge in [-0.3, -0.25) is 0 Å². The Morgan fingerprint density at radius 2 is 2.27 bits per heavy atom. The van der Waals surface area contributed by atoms with E-state index < -0.39 is 0 Å². The van der Waals surface area contributed by atoms with Crippen molar-refractivity contribution in [1.82, 2.24) is 0 Å². The predicted octanol–water partition coefficient (Wildman–Crippen LogP) is 2.66. The van der Waals surface area contributed by atoms with E-state index >= 15 is 0 Å². The van der Waals surface area contributed by atoms with Crippen molar-refractivity contribution < 1.29 is 9.47 Å². The van der Waals surface area contributed by atoms with Crippen molar-refractivity contribution in [1.29, 1.82) is 0 Å². The molecule has 1 aliphatic heterocycles. The molecular formula is C10H11N3O2. The fourth-order valence-electron chi connectivity index (χ4n) is 1.54. The molecule has 5 heteroatoms. The molecule has 1 aromatic carbocycles. The molecule has 1 atom stereocenters. The zero-order valence-electron chi connectivity index (χ0n) is 8.38. The van der Waals surface area contributed by atoms with Gasteiger partial charge in [0, 0.05) is 11.0 Å². The molecule has 15 heavy (non-hydrogen) atoms. The Labute approximate surface area is 87.2 Å². The van der Waals surface area contributed by atoms with Crippen LogP contribution in [-0.4, -0.2) is 12.8 Å². The normalized spacial score (nSPS) is 14.5. The Morgan fingerprint density at radius 1 is 1.47 bits per heavy atom. The summed E-state index contributed by atoms with van der Waals surface area (Å²) in [5.41, 5.74) is 9.37. The maximum absolute atomic E-state index is 8.28. The molecule has 1 heterocycles. The molecule has 0 aromatic heterocycles. The minimum absolute atomic E-state index is 0.0460. The second-order valence-corrected chi connectivity index (χ2v) is 3.45. The first kappa shape index (κ1) is 9.68. The third-order valence-corrected chi connectivity index (χ3v) is 2.22. The molecule has 78 valence electrons. The van der Waals surface area contributed by atoms with Crippen LogP contribution in [0.1, 0.15) is 12.5 Å². The predicted molar refractivity (Wildman–Crippen MR) is 54.9 cm³/mol. The average Bonchev–Trinajstić information content (AvgIpc) is 2.65. The monoisotopic (exact) mass is 205 g/mol. The highest BCUT2D eigenvalue weighted by Crippen LogP contribution is 2.32. The fourth-order valence-corrected chi connectivity index (χ4v) is 1.54. The molecule has 2 rings (SSSR count). The first-order valence-electron chi connectivity index (χ1n) is 4.72. The van der Waals surface area contributed by atoms with Gasteiger partial charge in [-0.25, -0.2) is 0 Å². The van der Waals surface area contributed by atoms with E-state index in [0.29, 0.717) is 6.42 Å². The average molecular weight is 205 g/mol. The van der Waals surface area contributed by atoms with E-state index in [1.54, 1.807) is 0 Å². The van der Waals surface area contributed by atoms with Gasteiger partial charge < -0.3 is 9.47 Å². The Bertz CT molecular complexity index is 413. The summed E-state index contributed by atoms with van der Waals surface area (Å²) in [6.45, 7) is 2.16. The number of fused-ring (bicyclic) bond motifs is 1. The molecule has 1 aliphatic rings. The number of hydrogen-bond acceptors (Lipinski definition) is 3. The molecule has 0 aliphatic carbocycles. The summed E-state index contributed by atoms with van der Waals surface area (Å²) in [4.78, 5) is 2.77.